The predicted molar refractivity (Wildman–Crippen MR) is 57.1 cm³/mol. The van der Waals surface area contributed by atoms with Crippen LogP contribution >= 0.6 is 15.9 Å². The summed E-state index contributed by atoms with van der Waals surface area (Å²) in [5.74, 6) is -0.682. The molecule has 0 aliphatic carbocycles. The molecule has 0 atom stereocenters. The van der Waals surface area contributed by atoms with E-state index < -0.39 is 11.6 Å². The fraction of sp³-hybridized carbons (Fsp3) is 0.182. The first-order valence-corrected chi connectivity index (χ1v) is 5.30. The first-order valence-electron chi connectivity index (χ1n) is 4.51. The lowest BCUT2D eigenvalue weighted by molar-refractivity contribution is 0.0938. The third kappa shape index (κ3) is 2.09. The highest BCUT2D eigenvalue weighted by Gasteiger charge is 2.20. The summed E-state index contributed by atoms with van der Waals surface area (Å²) in [6.45, 7) is 0.497. The van der Waals surface area contributed by atoms with Crippen LogP contribution in [0.25, 0.3) is 0 Å². The van der Waals surface area contributed by atoms with E-state index in [0.717, 1.165) is 0 Å². The molecule has 0 radical (unpaired) electrons. The summed E-state index contributed by atoms with van der Waals surface area (Å²) in [7, 11) is 0. The molecular formula is C11H8BrFO2. The van der Waals surface area contributed by atoms with Crippen LogP contribution in [0.15, 0.2) is 34.5 Å². The number of carbonyl (C=O) groups is 1. The Morgan fingerprint density at radius 1 is 1.47 bits per heavy atom. The zero-order valence-corrected chi connectivity index (χ0v) is 9.38. The monoisotopic (exact) mass is 270 g/mol. The van der Waals surface area contributed by atoms with Crippen LogP contribution < -0.4 is 0 Å². The normalized spacial score (nSPS) is 14.7. The van der Waals surface area contributed by atoms with Gasteiger partial charge in [0.15, 0.2) is 5.76 Å². The highest BCUT2D eigenvalue weighted by molar-refractivity contribution is 9.10. The zero-order chi connectivity index (χ0) is 10.8. The minimum atomic E-state index is -0.528. The Bertz CT molecular complexity index is 440. The van der Waals surface area contributed by atoms with Crippen molar-refractivity contribution in [3.05, 3.63) is 45.9 Å². The first-order chi connectivity index (χ1) is 7.18. The maximum Gasteiger partial charge on any atom is 0.230 e. The van der Waals surface area contributed by atoms with Crippen LogP contribution in [0.3, 0.4) is 0 Å². The van der Waals surface area contributed by atoms with Gasteiger partial charge in [-0.15, -0.1) is 0 Å². The van der Waals surface area contributed by atoms with Gasteiger partial charge in [0.2, 0.25) is 5.78 Å². The molecule has 0 fully saturated rings. The van der Waals surface area contributed by atoms with Gasteiger partial charge in [-0.05, 0) is 24.3 Å². The Balaban J connectivity index is 2.36. The molecule has 4 heteroatoms. The Morgan fingerprint density at radius 3 is 2.93 bits per heavy atom. The Labute approximate surface area is 94.9 Å². The van der Waals surface area contributed by atoms with E-state index in [9.17, 15) is 9.18 Å². The summed E-state index contributed by atoms with van der Waals surface area (Å²) in [6, 6.07) is 4.27. The molecule has 1 heterocycles. The van der Waals surface area contributed by atoms with E-state index in [1.54, 1.807) is 12.1 Å². The van der Waals surface area contributed by atoms with Crippen LogP contribution in [0.1, 0.15) is 16.8 Å². The van der Waals surface area contributed by atoms with Gasteiger partial charge in [-0.3, -0.25) is 4.79 Å². The number of rotatable bonds is 2. The Kier molecular flexibility index (Phi) is 2.86. The van der Waals surface area contributed by atoms with Gasteiger partial charge >= 0.3 is 0 Å². The maximum atomic E-state index is 13.3. The third-order valence-electron chi connectivity index (χ3n) is 2.10. The molecule has 1 aromatic carbocycles. The van der Waals surface area contributed by atoms with Gasteiger partial charge in [-0.25, -0.2) is 4.39 Å². The number of Topliss-reactive ketones (excluding diaryl/α,β-unsaturated/α-hetero) is 1. The molecule has 0 saturated carbocycles. The molecule has 1 aromatic rings. The van der Waals surface area contributed by atoms with Gasteiger partial charge in [0, 0.05) is 10.9 Å². The molecule has 2 nitrogen and oxygen atoms in total. The van der Waals surface area contributed by atoms with Crippen molar-refractivity contribution in [1.82, 2.24) is 0 Å². The molecule has 0 amide bonds. The van der Waals surface area contributed by atoms with E-state index in [-0.39, 0.29) is 11.3 Å². The van der Waals surface area contributed by atoms with E-state index in [0.29, 0.717) is 17.5 Å². The van der Waals surface area contributed by atoms with Crippen LogP contribution in [0.4, 0.5) is 4.39 Å². The molecule has 2 rings (SSSR count). The van der Waals surface area contributed by atoms with Gasteiger partial charge in [0.05, 0.1) is 12.2 Å². The molecule has 0 spiro atoms. The van der Waals surface area contributed by atoms with Crippen molar-refractivity contribution in [2.75, 3.05) is 6.61 Å². The second-order valence-electron chi connectivity index (χ2n) is 3.16. The molecule has 1 aliphatic heterocycles. The molecule has 1 aliphatic rings. The lowest BCUT2D eigenvalue weighted by atomic mass is 10.1. The van der Waals surface area contributed by atoms with Crippen molar-refractivity contribution in [1.29, 1.82) is 0 Å². The summed E-state index contributed by atoms with van der Waals surface area (Å²) < 4.78 is 19.1. The minimum Gasteiger partial charge on any atom is -0.489 e. The summed E-state index contributed by atoms with van der Waals surface area (Å²) in [6.07, 6.45) is 2.39. The molecule has 0 N–H and O–H groups in total. The summed E-state index contributed by atoms with van der Waals surface area (Å²) >= 11 is 3.19. The van der Waals surface area contributed by atoms with Crippen LogP contribution in [-0.4, -0.2) is 12.4 Å². The van der Waals surface area contributed by atoms with Crippen LogP contribution in [0.5, 0.6) is 0 Å². The average Bonchev–Trinajstić information content (AvgIpc) is 2.74. The Hall–Kier alpha value is -1.16. The molecular weight excluding hydrogens is 263 g/mol. The lowest BCUT2D eigenvalue weighted by Crippen LogP contribution is -2.06. The van der Waals surface area contributed by atoms with Crippen molar-refractivity contribution >= 4 is 21.7 Å². The highest BCUT2D eigenvalue weighted by Crippen LogP contribution is 2.21. The van der Waals surface area contributed by atoms with Gasteiger partial charge in [-0.1, -0.05) is 15.9 Å². The number of allylic oxidation sites excluding steroid dienone is 1. The Morgan fingerprint density at radius 2 is 2.27 bits per heavy atom. The summed E-state index contributed by atoms with van der Waals surface area (Å²) in [5, 5.41) is 0. The molecule has 0 bridgehead atoms. The molecule has 15 heavy (non-hydrogen) atoms. The average molecular weight is 271 g/mol. The van der Waals surface area contributed by atoms with E-state index in [1.807, 2.05) is 0 Å². The zero-order valence-electron chi connectivity index (χ0n) is 7.80. The van der Waals surface area contributed by atoms with E-state index >= 15 is 0 Å². The van der Waals surface area contributed by atoms with Crippen LogP contribution in [-0.2, 0) is 4.74 Å². The summed E-state index contributed by atoms with van der Waals surface area (Å²) in [5.41, 5.74) is 0.0394. The van der Waals surface area contributed by atoms with Crippen molar-refractivity contribution in [3.63, 3.8) is 0 Å². The number of hydrogen-bond acceptors (Lipinski definition) is 2. The molecule has 78 valence electrons. The van der Waals surface area contributed by atoms with Crippen molar-refractivity contribution in [2.24, 2.45) is 0 Å². The predicted octanol–water partition coefficient (Wildman–Crippen LogP) is 3.08. The van der Waals surface area contributed by atoms with E-state index in [4.69, 9.17) is 4.74 Å². The maximum absolute atomic E-state index is 13.3. The van der Waals surface area contributed by atoms with Gasteiger partial charge < -0.3 is 4.74 Å². The summed E-state index contributed by atoms with van der Waals surface area (Å²) in [4.78, 5) is 11.8. The van der Waals surface area contributed by atoms with Crippen molar-refractivity contribution in [3.8, 4) is 0 Å². The van der Waals surface area contributed by atoms with Gasteiger partial charge in [0.25, 0.3) is 0 Å². The fourth-order valence-electron chi connectivity index (χ4n) is 1.38. The van der Waals surface area contributed by atoms with Crippen molar-refractivity contribution < 1.29 is 13.9 Å². The number of ether oxygens (including phenoxy) is 1. The fourth-order valence-corrected chi connectivity index (χ4v) is 1.74. The van der Waals surface area contributed by atoms with Crippen LogP contribution in [0.2, 0.25) is 0 Å². The quantitative estimate of drug-likeness (QED) is 0.773. The van der Waals surface area contributed by atoms with Gasteiger partial charge in [-0.2, -0.15) is 0 Å². The molecule has 0 aromatic heterocycles. The number of hydrogen-bond donors (Lipinski definition) is 0. The smallest absolute Gasteiger partial charge is 0.230 e. The lowest BCUT2D eigenvalue weighted by Gasteiger charge is -2.04. The topological polar surface area (TPSA) is 26.3 Å². The van der Waals surface area contributed by atoms with Crippen molar-refractivity contribution in [2.45, 2.75) is 6.42 Å². The second-order valence-corrected chi connectivity index (χ2v) is 4.07. The minimum absolute atomic E-state index is 0.0394. The SMILES string of the molecule is O=C(C1=CCCO1)c1cc(Br)ccc1F. The van der Waals surface area contributed by atoms with Gasteiger partial charge in [0.1, 0.15) is 5.82 Å². The largest absolute Gasteiger partial charge is 0.489 e. The number of benzene rings is 1. The number of carbonyl (C=O) groups excluding carboxylic acids is 1. The molecule has 0 saturated heterocycles. The van der Waals surface area contributed by atoms with E-state index in [1.165, 1.54) is 12.1 Å². The first kappa shape index (κ1) is 10.4. The molecule has 0 unspecified atom stereocenters. The third-order valence-corrected chi connectivity index (χ3v) is 2.60. The van der Waals surface area contributed by atoms with E-state index in [2.05, 4.69) is 15.9 Å². The highest BCUT2D eigenvalue weighted by atomic mass is 79.9. The number of halogens is 2. The second kappa shape index (κ2) is 4.14. The van der Waals surface area contributed by atoms with Crippen LogP contribution in [0, 0.1) is 5.82 Å². The standard InChI is InChI=1S/C11H8BrFO2/c12-7-3-4-9(13)8(6-7)11(14)10-2-1-5-15-10/h2-4,6H,1,5H2. The number of ketones is 1.